The van der Waals surface area contributed by atoms with Crippen LogP contribution in [0.5, 0.6) is 5.75 Å². The van der Waals surface area contributed by atoms with E-state index in [-0.39, 0.29) is 35.7 Å². The smallest absolute Gasteiger partial charge is 0.265 e. The zero-order valence-electron chi connectivity index (χ0n) is 17.3. The lowest BCUT2D eigenvalue weighted by molar-refractivity contribution is -0.122. The molecule has 2 atom stereocenters. The Morgan fingerprint density at radius 1 is 1.17 bits per heavy atom. The third-order valence-electron chi connectivity index (χ3n) is 5.92. The molecule has 30 heavy (non-hydrogen) atoms. The second kappa shape index (κ2) is 8.66. The zero-order chi connectivity index (χ0) is 20.6. The number of halogens is 1. The first-order valence-electron chi connectivity index (χ1n) is 10.0. The van der Waals surface area contributed by atoms with Crippen molar-refractivity contribution >= 4 is 29.9 Å². The van der Waals surface area contributed by atoms with Crippen molar-refractivity contribution in [2.75, 3.05) is 18.4 Å². The highest BCUT2D eigenvalue weighted by Crippen LogP contribution is 2.30. The lowest BCUT2D eigenvalue weighted by Crippen LogP contribution is -2.54. The highest BCUT2D eigenvalue weighted by molar-refractivity contribution is 5.98. The molecule has 0 spiro atoms. The van der Waals surface area contributed by atoms with Crippen LogP contribution in [-0.4, -0.2) is 41.9 Å². The molecule has 6 nitrogen and oxygen atoms in total. The van der Waals surface area contributed by atoms with Gasteiger partial charge in [-0.05, 0) is 41.7 Å². The number of anilines is 1. The van der Waals surface area contributed by atoms with Gasteiger partial charge < -0.3 is 20.7 Å². The van der Waals surface area contributed by atoms with Crippen LogP contribution in [0, 0.1) is 5.41 Å². The van der Waals surface area contributed by atoms with Crippen molar-refractivity contribution in [2.24, 2.45) is 11.1 Å². The minimum atomic E-state index is -0.559. The highest BCUT2D eigenvalue weighted by Gasteiger charge is 2.35. The molecule has 2 aromatic carbocycles. The molecule has 0 radical (unpaired) electrons. The third kappa shape index (κ3) is 4.45. The Labute approximate surface area is 183 Å². The summed E-state index contributed by atoms with van der Waals surface area (Å²) in [5.41, 5.74) is 8.25. The Bertz CT molecular complexity index is 922. The van der Waals surface area contributed by atoms with E-state index in [1.165, 1.54) is 0 Å². The van der Waals surface area contributed by atoms with Gasteiger partial charge in [-0.15, -0.1) is 12.4 Å². The standard InChI is InChI=1S/C23H27N3O3.ClH/c1-23(2)14-26(11-10-20(23)24)22(28)16-7-5-8-17(12-16)25-21(27)19-13-15-6-3-4-9-18(15)29-19;/h3-9,12,19-20H,10-11,13-14,24H2,1-2H3,(H,25,27);1H. The monoisotopic (exact) mass is 429 g/mol. The van der Waals surface area contributed by atoms with Crippen LogP contribution in [0.3, 0.4) is 0 Å². The first-order chi connectivity index (χ1) is 13.8. The molecule has 2 amide bonds. The van der Waals surface area contributed by atoms with Crippen LogP contribution in [0.1, 0.15) is 36.2 Å². The maximum Gasteiger partial charge on any atom is 0.265 e. The van der Waals surface area contributed by atoms with Crippen molar-refractivity contribution in [1.29, 1.82) is 0 Å². The Morgan fingerprint density at radius 3 is 2.67 bits per heavy atom. The van der Waals surface area contributed by atoms with E-state index in [1.807, 2.05) is 29.2 Å². The first kappa shape index (κ1) is 22.1. The van der Waals surface area contributed by atoms with Crippen molar-refractivity contribution in [1.82, 2.24) is 4.90 Å². The first-order valence-corrected chi connectivity index (χ1v) is 10.0. The van der Waals surface area contributed by atoms with Crippen LogP contribution >= 0.6 is 12.4 Å². The highest BCUT2D eigenvalue weighted by atomic mass is 35.5. The average molecular weight is 430 g/mol. The van der Waals surface area contributed by atoms with Gasteiger partial charge in [-0.1, -0.05) is 38.1 Å². The van der Waals surface area contributed by atoms with Crippen molar-refractivity contribution in [3.63, 3.8) is 0 Å². The molecular weight excluding hydrogens is 402 g/mol. The number of nitrogens with two attached hydrogens (primary N) is 1. The van der Waals surface area contributed by atoms with Crippen molar-refractivity contribution in [3.05, 3.63) is 59.7 Å². The van der Waals surface area contributed by atoms with E-state index < -0.39 is 6.10 Å². The van der Waals surface area contributed by atoms with E-state index >= 15 is 0 Å². The lowest BCUT2D eigenvalue weighted by Gasteiger charge is -2.42. The number of piperidine rings is 1. The largest absolute Gasteiger partial charge is 0.480 e. The van der Waals surface area contributed by atoms with E-state index in [9.17, 15) is 9.59 Å². The molecule has 7 heteroatoms. The van der Waals surface area contributed by atoms with Crippen LogP contribution in [0.15, 0.2) is 48.5 Å². The number of amides is 2. The number of rotatable bonds is 3. The number of fused-ring (bicyclic) bond motifs is 1. The average Bonchev–Trinajstić information content (AvgIpc) is 3.14. The number of carbonyl (C=O) groups is 2. The topological polar surface area (TPSA) is 84.7 Å². The Hall–Kier alpha value is -2.57. The SMILES string of the molecule is CC1(C)CN(C(=O)c2cccc(NC(=O)C3Cc4ccccc4O3)c2)CCC1N.Cl. The number of benzene rings is 2. The number of likely N-dealkylation sites (tertiary alicyclic amines) is 1. The maximum absolute atomic E-state index is 13.0. The molecule has 1 saturated heterocycles. The normalized spacial score (nSPS) is 21.8. The minimum Gasteiger partial charge on any atom is -0.480 e. The molecule has 2 aromatic rings. The molecule has 4 rings (SSSR count). The molecule has 0 aromatic heterocycles. The fraction of sp³-hybridized carbons (Fsp3) is 0.391. The van der Waals surface area contributed by atoms with Crippen molar-refractivity contribution < 1.29 is 14.3 Å². The van der Waals surface area contributed by atoms with Crippen LogP contribution in [-0.2, 0) is 11.2 Å². The van der Waals surface area contributed by atoms with Gasteiger partial charge in [0.15, 0.2) is 6.10 Å². The summed E-state index contributed by atoms with van der Waals surface area (Å²) in [5, 5.41) is 2.89. The van der Waals surface area contributed by atoms with Gasteiger partial charge in [-0.2, -0.15) is 0 Å². The van der Waals surface area contributed by atoms with Gasteiger partial charge in [-0.25, -0.2) is 0 Å². The summed E-state index contributed by atoms with van der Waals surface area (Å²) in [4.78, 5) is 27.5. The molecule has 0 saturated carbocycles. The van der Waals surface area contributed by atoms with Gasteiger partial charge >= 0.3 is 0 Å². The van der Waals surface area contributed by atoms with E-state index in [0.717, 1.165) is 17.7 Å². The molecule has 160 valence electrons. The summed E-state index contributed by atoms with van der Waals surface area (Å²) >= 11 is 0. The van der Waals surface area contributed by atoms with Crippen molar-refractivity contribution in [3.8, 4) is 5.75 Å². The number of ether oxygens (including phenoxy) is 1. The van der Waals surface area contributed by atoms with Gasteiger partial charge in [-0.3, -0.25) is 9.59 Å². The molecule has 2 aliphatic rings. The number of hydrogen-bond donors (Lipinski definition) is 2. The molecule has 2 unspecified atom stereocenters. The number of nitrogens with zero attached hydrogens (tertiary/aromatic N) is 1. The quantitative estimate of drug-likeness (QED) is 0.784. The van der Waals surface area contributed by atoms with Crippen LogP contribution in [0.2, 0.25) is 0 Å². The van der Waals surface area contributed by atoms with Gasteiger partial charge in [0.1, 0.15) is 5.75 Å². The fourth-order valence-corrected chi connectivity index (χ4v) is 4.01. The number of para-hydroxylation sites is 1. The van der Waals surface area contributed by atoms with Crippen LogP contribution < -0.4 is 15.8 Å². The van der Waals surface area contributed by atoms with Crippen LogP contribution in [0.25, 0.3) is 0 Å². The Morgan fingerprint density at radius 2 is 1.93 bits per heavy atom. The molecule has 3 N–H and O–H groups in total. The third-order valence-corrected chi connectivity index (χ3v) is 5.92. The predicted octanol–water partition coefficient (Wildman–Crippen LogP) is 3.25. The molecule has 2 heterocycles. The van der Waals surface area contributed by atoms with E-state index in [2.05, 4.69) is 19.2 Å². The summed E-state index contributed by atoms with van der Waals surface area (Å²) < 4.78 is 5.75. The second-order valence-corrected chi connectivity index (χ2v) is 8.60. The minimum absolute atomic E-state index is 0. The fourth-order valence-electron chi connectivity index (χ4n) is 4.01. The summed E-state index contributed by atoms with van der Waals surface area (Å²) in [5.74, 6) is 0.504. The van der Waals surface area contributed by atoms with Gasteiger partial charge in [0, 0.05) is 36.8 Å². The lowest BCUT2D eigenvalue weighted by atomic mass is 9.79. The van der Waals surface area contributed by atoms with Gasteiger partial charge in [0.2, 0.25) is 0 Å². The number of carbonyl (C=O) groups excluding carboxylic acids is 2. The van der Waals surface area contributed by atoms with Gasteiger partial charge in [0.05, 0.1) is 0 Å². The molecule has 0 aliphatic carbocycles. The van der Waals surface area contributed by atoms with Crippen molar-refractivity contribution in [2.45, 2.75) is 38.8 Å². The molecule has 2 aliphatic heterocycles. The van der Waals surface area contributed by atoms with Gasteiger partial charge in [0.25, 0.3) is 11.8 Å². The number of nitrogens with one attached hydrogen (secondary N) is 1. The van der Waals surface area contributed by atoms with E-state index in [0.29, 0.717) is 30.8 Å². The number of hydrogen-bond acceptors (Lipinski definition) is 4. The predicted molar refractivity (Wildman–Crippen MR) is 119 cm³/mol. The summed E-state index contributed by atoms with van der Waals surface area (Å²) in [7, 11) is 0. The molecule has 0 bridgehead atoms. The summed E-state index contributed by atoms with van der Waals surface area (Å²) in [6.07, 6.45) is 0.773. The Balaban J connectivity index is 0.00000256. The molecule has 1 fully saturated rings. The molecular formula is C23H28ClN3O3. The summed E-state index contributed by atoms with van der Waals surface area (Å²) in [6, 6.07) is 14.8. The maximum atomic E-state index is 13.0. The zero-order valence-corrected chi connectivity index (χ0v) is 18.1. The Kier molecular flexibility index (Phi) is 6.38. The van der Waals surface area contributed by atoms with E-state index in [4.69, 9.17) is 10.5 Å². The van der Waals surface area contributed by atoms with E-state index in [1.54, 1.807) is 24.3 Å². The summed E-state index contributed by atoms with van der Waals surface area (Å²) in [6.45, 7) is 5.45. The van der Waals surface area contributed by atoms with Crippen LogP contribution in [0.4, 0.5) is 5.69 Å². The second-order valence-electron chi connectivity index (χ2n) is 8.60.